The average molecular weight is 541 g/mol. The van der Waals surface area contributed by atoms with Gasteiger partial charge < -0.3 is 19.0 Å². The van der Waals surface area contributed by atoms with Crippen LogP contribution in [-0.2, 0) is 21.2 Å². The Morgan fingerprint density at radius 3 is 2.41 bits per heavy atom. The normalized spacial score (nSPS) is 12.4. The number of fused-ring (bicyclic) bond motifs is 1. The first-order valence-corrected chi connectivity index (χ1v) is 12.9. The molecule has 9 nitrogen and oxygen atoms in total. The number of carbonyl (C=O) groups is 2. The van der Waals surface area contributed by atoms with E-state index in [1.54, 1.807) is 60.7 Å². The maximum Gasteiger partial charge on any atom is 0.326 e. The molecular formula is C26H24N2O7S2. The van der Waals surface area contributed by atoms with E-state index in [0.29, 0.717) is 27.8 Å². The zero-order valence-corrected chi connectivity index (χ0v) is 21.6. The van der Waals surface area contributed by atoms with Crippen molar-refractivity contribution in [1.82, 2.24) is 9.62 Å². The summed E-state index contributed by atoms with van der Waals surface area (Å²) >= 11 is 3.75. The molecule has 1 heterocycles. The summed E-state index contributed by atoms with van der Waals surface area (Å²) in [4.78, 5) is 24.8. The molecule has 0 aliphatic heterocycles. The van der Waals surface area contributed by atoms with Gasteiger partial charge in [-0.15, -0.1) is 0 Å². The molecule has 2 N–H and O–H groups in total. The molecule has 0 spiro atoms. The van der Waals surface area contributed by atoms with Crippen LogP contribution in [0.3, 0.4) is 0 Å². The number of carboxylic acid groups (broad SMARTS) is 1. The monoisotopic (exact) mass is 540 g/mol. The first kappa shape index (κ1) is 26.3. The average Bonchev–Trinajstić information content (AvgIpc) is 3.32. The second-order valence-corrected chi connectivity index (χ2v) is 10.8. The zero-order chi connectivity index (χ0) is 26.7. The largest absolute Gasteiger partial charge is 0.480 e. The van der Waals surface area contributed by atoms with Crippen LogP contribution in [0.5, 0.6) is 5.75 Å². The van der Waals surface area contributed by atoms with E-state index in [4.69, 9.17) is 8.60 Å². The highest BCUT2D eigenvalue weighted by Gasteiger charge is 2.23. The molecular weight excluding hydrogens is 516 g/mol. The van der Waals surface area contributed by atoms with Crippen molar-refractivity contribution in [3.8, 4) is 16.9 Å². The Hall–Kier alpha value is -3.80. The SMILES string of the molecule is CN(C)S(=O)(=O)c1cccc(-c2ccc(C[C@H](NC(=O)c3cc4cc(OS)ccc4o3)C(=O)O)cc2)c1. The van der Waals surface area contributed by atoms with E-state index in [2.05, 4.69) is 18.2 Å². The van der Waals surface area contributed by atoms with Crippen molar-refractivity contribution in [1.29, 1.82) is 0 Å². The van der Waals surface area contributed by atoms with E-state index in [1.807, 2.05) is 0 Å². The molecule has 4 rings (SSSR count). The summed E-state index contributed by atoms with van der Waals surface area (Å²) in [5.74, 6) is -1.41. The third-order valence-electron chi connectivity index (χ3n) is 5.76. The molecule has 192 valence electrons. The Morgan fingerprint density at radius 2 is 1.76 bits per heavy atom. The lowest BCUT2D eigenvalue weighted by molar-refractivity contribution is -0.139. The minimum absolute atomic E-state index is 0.0273. The predicted octanol–water partition coefficient (Wildman–Crippen LogP) is 4.00. The number of nitrogens with zero attached hydrogens (tertiary/aromatic N) is 1. The minimum atomic E-state index is -3.58. The summed E-state index contributed by atoms with van der Waals surface area (Å²) in [7, 11) is -0.639. The topological polar surface area (TPSA) is 126 Å². The standard InChI is InChI=1S/C26H24N2O7S2/c1-28(2)37(32,33)21-5-3-4-18(14-21)17-8-6-16(7-9-17)12-22(26(30)31)27-25(29)24-15-19-13-20(35-36)10-11-23(19)34-24/h3-11,13-15,22,36H,12H2,1-2H3,(H,27,29)(H,30,31)/t22-/m0/s1. The highest BCUT2D eigenvalue weighted by molar-refractivity contribution is 7.89. The van der Waals surface area contributed by atoms with Crippen LogP contribution in [0.1, 0.15) is 16.1 Å². The summed E-state index contributed by atoms with van der Waals surface area (Å²) in [5.41, 5.74) is 2.59. The number of nitrogens with one attached hydrogen (secondary N) is 1. The Kier molecular flexibility index (Phi) is 7.58. The highest BCUT2D eigenvalue weighted by atomic mass is 32.2. The van der Waals surface area contributed by atoms with Crippen LogP contribution in [0.25, 0.3) is 22.1 Å². The van der Waals surface area contributed by atoms with E-state index in [9.17, 15) is 23.1 Å². The van der Waals surface area contributed by atoms with Gasteiger partial charge in [-0.05, 0) is 53.1 Å². The Bertz CT molecular complexity index is 1560. The maximum atomic E-state index is 12.7. The Labute approximate surface area is 219 Å². The molecule has 1 aromatic heterocycles. The van der Waals surface area contributed by atoms with Crippen LogP contribution in [0.15, 0.2) is 82.1 Å². The fourth-order valence-electron chi connectivity index (χ4n) is 3.74. The van der Waals surface area contributed by atoms with Gasteiger partial charge in [0.25, 0.3) is 5.91 Å². The first-order chi connectivity index (χ1) is 17.6. The number of rotatable bonds is 9. The Balaban J connectivity index is 1.49. The number of hydrogen-bond donors (Lipinski definition) is 3. The van der Waals surface area contributed by atoms with Gasteiger partial charge in [0.1, 0.15) is 17.4 Å². The lowest BCUT2D eigenvalue weighted by Gasteiger charge is -2.14. The minimum Gasteiger partial charge on any atom is -0.480 e. The van der Waals surface area contributed by atoms with Crippen molar-refractivity contribution in [3.05, 3.63) is 84.1 Å². The van der Waals surface area contributed by atoms with Crippen LogP contribution in [0, 0.1) is 0 Å². The number of sulfonamides is 1. The summed E-state index contributed by atoms with van der Waals surface area (Å²) in [6.45, 7) is 0. The van der Waals surface area contributed by atoms with E-state index < -0.39 is 27.9 Å². The fraction of sp³-hybridized carbons (Fsp3) is 0.154. The number of amides is 1. The first-order valence-electron chi connectivity index (χ1n) is 11.1. The third kappa shape index (κ3) is 5.79. The van der Waals surface area contributed by atoms with Crippen molar-refractivity contribution < 1.29 is 31.7 Å². The number of thiol groups is 1. The summed E-state index contributed by atoms with van der Waals surface area (Å²) in [6, 6.07) is 18.8. The number of carboxylic acids is 1. The van der Waals surface area contributed by atoms with Crippen molar-refractivity contribution >= 4 is 45.8 Å². The number of hydrogen-bond acceptors (Lipinski definition) is 7. The van der Waals surface area contributed by atoms with Gasteiger partial charge in [0, 0.05) is 38.8 Å². The molecule has 0 unspecified atom stereocenters. The maximum absolute atomic E-state index is 12.7. The van der Waals surface area contributed by atoms with Crippen molar-refractivity contribution in [2.45, 2.75) is 17.4 Å². The molecule has 1 amide bonds. The second kappa shape index (κ2) is 10.7. The van der Waals surface area contributed by atoms with E-state index in [1.165, 1.54) is 26.2 Å². The number of aliphatic carboxylic acids is 1. The summed E-state index contributed by atoms with van der Waals surface area (Å²) in [6.07, 6.45) is 0.0360. The molecule has 0 bridgehead atoms. The van der Waals surface area contributed by atoms with Gasteiger partial charge in [0.15, 0.2) is 5.76 Å². The van der Waals surface area contributed by atoms with E-state index >= 15 is 0 Å². The molecule has 37 heavy (non-hydrogen) atoms. The Morgan fingerprint density at radius 1 is 1.03 bits per heavy atom. The van der Waals surface area contributed by atoms with Crippen LogP contribution in [-0.4, -0.2) is 49.8 Å². The lowest BCUT2D eigenvalue weighted by Crippen LogP contribution is -2.42. The number of benzene rings is 3. The van der Waals surface area contributed by atoms with Crippen LogP contribution < -0.4 is 9.50 Å². The molecule has 0 fully saturated rings. The van der Waals surface area contributed by atoms with Crippen molar-refractivity contribution in [2.75, 3.05) is 14.1 Å². The predicted molar refractivity (Wildman–Crippen MR) is 141 cm³/mol. The molecule has 0 radical (unpaired) electrons. The quantitative estimate of drug-likeness (QED) is 0.216. The van der Waals surface area contributed by atoms with Crippen LogP contribution >= 0.6 is 12.9 Å². The van der Waals surface area contributed by atoms with Crippen molar-refractivity contribution in [2.24, 2.45) is 0 Å². The van der Waals surface area contributed by atoms with Gasteiger partial charge in [0.2, 0.25) is 10.0 Å². The molecule has 3 aromatic carbocycles. The number of furan rings is 1. The molecule has 0 saturated heterocycles. The molecule has 1 atom stereocenters. The second-order valence-electron chi connectivity index (χ2n) is 8.48. The third-order valence-corrected chi connectivity index (χ3v) is 7.78. The van der Waals surface area contributed by atoms with Gasteiger partial charge in [-0.2, -0.15) is 0 Å². The molecule has 4 aromatic rings. The fourth-order valence-corrected chi connectivity index (χ4v) is 4.80. The van der Waals surface area contributed by atoms with Gasteiger partial charge in [-0.3, -0.25) is 4.79 Å². The van der Waals surface area contributed by atoms with Gasteiger partial charge in [-0.1, -0.05) is 36.4 Å². The molecule has 0 aliphatic rings. The number of carbonyl (C=O) groups excluding carboxylic acids is 1. The summed E-state index contributed by atoms with van der Waals surface area (Å²) in [5, 5.41) is 12.8. The smallest absolute Gasteiger partial charge is 0.326 e. The molecule has 0 saturated carbocycles. The zero-order valence-electron chi connectivity index (χ0n) is 19.9. The summed E-state index contributed by atoms with van der Waals surface area (Å²) < 4.78 is 36.4. The molecule has 11 heteroatoms. The van der Waals surface area contributed by atoms with Crippen molar-refractivity contribution in [3.63, 3.8) is 0 Å². The lowest BCUT2D eigenvalue weighted by atomic mass is 10.0. The van der Waals surface area contributed by atoms with Crippen LogP contribution in [0.4, 0.5) is 0 Å². The van der Waals surface area contributed by atoms with E-state index in [0.717, 1.165) is 9.87 Å². The van der Waals surface area contributed by atoms with Crippen LogP contribution in [0.2, 0.25) is 0 Å². The van der Waals surface area contributed by atoms with Gasteiger partial charge >= 0.3 is 5.97 Å². The molecule has 0 aliphatic carbocycles. The highest BCUT2D eigenvalue weighted by Crippen LogP contribution is 2.26. The van der Waals surface area contributed by atoms with Gasteiger partial charge in [0.05, 0.1) is 4.90 Å². The van der Waals surface area contributed by atoms with Gasteiger partial charge in [-0.25, -0.2) is 17.5 Å². The van der Waals surface area contributed by atoms with E-state index in [-0.39, 0.29) is 17.1 Å².